The van der Waals surface area contributed by atoms with Gasteiger partial charge in [-0.15, -0.1) is 11.6 Å². The summed E-state index contributed by atoms with van der Waals surface area (Å²) in [6.07, 6.45) is 0. The maximum Gasteiger partial charge on any atom is 0.387 e. The lowest BCUT2D eigenvalue weighted by Gasteiger charge is -2.13. The number of benzene rings is 2. The molecule has 2 aromatic rings. The standard InChI is InChI=1S/C14H9BrClF3O/c15-11-7-9(4-5-12(11)17)13(16)8-2-1-3-10(6-8)20-14(18)19/h1-7,13-14H. The summed E-state index contributed by atoms with van der Waals surface area (Å²) >= 11 is 9.35. The van der Waals surface area contributed by atoms with E-state index in [-0.39, 0.29) is 5.75 Å². The van der Waals surface area contributed by atoms with Crippen LogP contribution in [0.15, 0.2) is 46.9 Å². The lowest BCUT2D eigenvalue weighted by Crippen LogP contribution is -2.02. The van der Waals surface area contributed by atoms with E-state index in [2.05, 4.69) is 20.7 Å². The van der Waals surface area contributed by atoms with E-state index < -0.39 is 17.8 Å². The summed E-state index contributed by atoms with van der Waals surface area (Å²) in [6, 6.07) is 10.5. The van der Waals surface area contributed by atoms with Gasteiger partial charge in [0, 0.05) is 0 Å². The molecule has 2 aromatic carbocycles. The van der Waals surface area contributed by atoms with E-state index in [0.29, 0.717) is 15.6 Å². The maximum atomic E-state index is 13.2. The summed E-state index contributed by atoms with van der Waals surface area (Å²) in [7, 11) is 0. The molecule has 0 aromatic heterocycles. The maximum absolute atomic E-state index is 13.2. The van der Waals surface area contributed by atoms with Gasteiger partial charge in [-0.1, -0.05) is 18.2 Å². The van der Waals surface area contributed by atoms with Gasteiger partial charge in [-0.05, 0) is 51.3 Å². The topological polar surface area (TPSA) is 9.23 Å². The molecule has 1 nitrogen and oxygen atoms in total. The van der Waals surface area contributed by atoms with Gasteiger partial charge in [-0.2, -0.15) is 8.78 Å². The monoisotopic (exact) mass is 364 g/mol. The highest BCUT2D eigenvalue weighted by Gasteiger charge is 2.14. The predicted octanol–water partition coefficient (Wildman–Crippen LogP) is 5.52. The molecule has 0 spiro atoms. The Balaban J connectivity index is 2.28. The summed E-state index contributed by atoms with van der Waals surface area (Å²) in [5.41, 5.74) is 1.23. The molecule has 0 saturated heterocycles. The molecule has 1 atom stereocenters. The first-order chi connectivity index (χ1) is 9.47. The number of rotatable bonds is 4. The van der Waals surface area contributed by atoms with Gasteiger partial charge < -0.3 is 4.74 Å². The Bertz CT molecular complexity index is 607. The van der Waals surface area contributed by atoms with Gasteiger partial charge in [0.1, 0.15) is 11.6 Å². The van der Waals surface area contributed by atoms with Gasteiger partial charge in [0.15, 0.2) is 0 Å². The van der Waals surface area contributed by atoms with Crippen LogP contribution in [-0.4, -0.2) is 6.61 Å². The second-order valence-corrected chi connectivity index (χ2v) is 5.28. The number of hydrogen-bond acceptors (Lipinski definition) is 1. The van der Waals surface area contributed by atoms with Crippen molar-refractivity contribution in [3.8, 4) is 5.75 Å². The summed E-state index contributed by atoms with van der Waals surface area (Å²) in [4.78, 5) is 0. The molecule has 0 aliphatic rings. The predicted molar refractivity (Wildman–Crippen MR) is 74.9 cm³/mol. The van der Waals surface area contributed by atoms with E-state index in [1.165, 1.54) is 18.2 Å². The summed E-state index contributed by atoms with van der Waals surface area (Å²) in [5.74, 6) is -0.364. The van der Waals surface area contributed by atoms with Gasteiger partial charge >= 0.3 is 6.61 Å². The lowest BCUT2D eigenvalue weighted by atomic mass is 10.0. The van der Waals surface area contributed by atoms with Crippen molar-refractivity contribution in [2.24, 2.45) is 0 Å². The minimum atomic E-state index is -2.89. The molecule has 0 radical (unpaired) electrons. The molecule has 0 bridgehead atoms. The molecule has 0 saturated carbocycles. The van der Waals surface area contributed by atoms with Crippen LogP contribution < -0.4 is 4.74 Å². The Morgan fingerprint density at radius 1 is 1.05 bits per heavy atom. The average molecular weight is 366 g/mol. The molecule has 0 aliphatic heterocycles. The first kappa shape index (κ1) is 15.2. The summed E-state index contributed by atoms with van der Waals surface area (Å²) in [6.45, 7) is -2.89. The molecular formula is C14H9BrClF3O. The van der Waals surface area contributed by atoms with Crippen LogP contribution in [0.1, 0.15) is 16.5 Å². The number of halogens is 5. The number of ether oxygens (including phenoxy) is 1. The van der Waals surface area contributed by atoms with Crippen LogP contribution in [0.4, 0.5) is 13.2 Å². The molecule has 0 amide bonds. The molecule has 6 heteroatoms. The Kier molecular flexibility index (Phi) is 4.94. The summed E-state index contributed by atoms with van der Waals surface area (Å²) < 4.78 is 42.1. The SMILES string of the molecule is Fc1ccc(C(Cl)c2cccc(OC(F)F)c2)cc1Br. The second-order valence-electron chi connectivity index (χ2n) is 3.99. The van der Waals surface area contributed by atoms with Crippen molar-refractivity contribution < 1.29 is 17.9 Å². The molecule has 0 aliphatic carbocycles. The third kappa shape index (κ3) is 3.67. The fourth-order valence-corrected chi connectivity index (χ4v) is 2.38. The van der Waals surface area contributed by atoms with Crippen molar-refractivity contribution in [3.05, 3.63) is 63.9 Å². The van der Waals surface area contributed by atoms with Gasteiger partial charge in [-0.3, -0.25) is 0 Å². The van der Waals surface area contributed by atoms with Crippen LogP contribution in [0.2, 0.25) is 0 Å². The average Bonchev–Trinajstić information content (AvgIpc) is 2.40. The molecule has 0 heterocycles. The van der Waals surface area contributed by atoms with E-state index in [0.717, 1.165) is 0 Å². The Hall–Kier alpha value is -1.20. The zero-order valence-corrected chi connectivity index (χ0v) is 12.3. The number of hydrogen-bond donors (Lipinski definition) is 0. The van der Waals surface area contributed by atoms with E-state index in [1.54, 1.807) is 24.3 Å². The van der Waals surface area contributed by atoms with Crippen molar-refractivity contribution >= 4 is 27.5 Å². The third-order valence-corrected chi connectivity index (χ3v) is 3.72. The Morgan fingerprint density at radius 2 is 1.75 bits per heavy atom. The van der Waals surface area contributed by atoms with Gasteiger partial charge in [0.2, 0.25) is 0 Å². The van der Waals surface area contributed by atoms with Crippen molar-refractivity contribution in [1.82, 2.24) is 0 Å². The molecule has 20 heavy (non-hydrogen) atoms. The zero-order chi connectivity index (χ0) is 14.7. The highest BCUT2D eigenvalue weighted by Crippen LogP contribution is 2.33. The fraction of sp³-hybridized carbons (Fsp3) is 0.143. The first-order valence-electron chi connectivity index (χ1n) is 5.61. The Morgan fingerprint density at radius 3 is 2.40 bits per heavy atom. The van der Waals surface area contributed by atoms with E-state index in [4.69, 9.17) is 11.6 Å². The van der Waals surface area contributed by atoms with Crippen molar-refractivity contribution in [2.45, 2.75) is 12.0 Å². The quantitative estimate of drug-likeness (QED) is 0.648. The van der Waals surface area contributed by atoms with Crippen LogP contribution in [0.25, 0.3) is 0 Å². The highest BCUT2D eigenvalue weighted by atomic mass is 79.9. The molecule has 0 N–H and O–H groups in total. The Labute approximate surface area is 127 Å². The van der Waals surface area contributed by atoms with Gasteiger partial charge in [0.25, 0.3) is 0 Å². The molecule has 106 valence electrons. The van der Waals surface area contributed by atoms with Crippen molar-refractivity contribution in [3.63, 3.8) is 0 Å². The normalized spacial score (nSPS) is 12.5. The van der Waals surface area contributed by atoms with Crippen molar-refractivity contribution in [1.29, 1.82) is 0 Å². The zero-order valence-electron chi connectivity index (χ0n) is 9.99. The van der Waals surface area contributed by atoms with E-state index in [9.17, 15) is 13.2 Å². The largest absolute Gasteiger partial charge is 0.435 e. The van der Waals surface area contributed by atoms with Crippen LogP contribution >= 0.6 is 27.5 Å². The molecular weight excluding hydrogens is 357 g/mol. The third-order valence-electron chi connectivity index (χ3n) is 2.61. The smallest absolute Gasteiger partial charge is 0.387 e. The van der Waals surface area contributed by atoms with Crippen molar-refractivity contribution in [2.75, 3.05) is 0 Å². The van der Waals surface area contributed by atoms with Crippen LogP contribution in [0.5, 0.6) is 5.75 Å². The molecule has 0 fully saturated rings. The van der Waals surface area contributed by atoms with Gasteiger partial charge in [0.05, 0.1) is 9.85 Å². The second kappa shape index (κ2) is 6.50. The minimum Gasteiger partial charge on any atom is -0.435 e. The number of alkyl halides is 3. The minimum absolute atomic E-state index is 0.0318. The van der Waals surface area contributed by atoms with E-state index >= 15 is 0 Å². The van der Waals surface area contributed by atoms with Crippen LogP contribution in [0.3, 0.4) is 0 Å². The first-order valence-corrected chi connectivity index (χ1v) is 6.84. The molecule has 1 unspecified atom stereocenters. The molecule has 2 rings (SSSR count). The highest BCUT2D eigenvalue weighted by molar-refractivity contribution is 9.10. The summed E-state index contributed by atoms with van der Waals surface area (Å²) in [5, 5.41) is -0.590. The van der Waals surface area contributed by atoms with Crippen LogP contribution in [-0.2, 0) is 0 Å². The van der Waals surface area contributed by atoms with Crippen LogP contribution in [0, 0.1) is 5.82 Å². The fourth-order valence-electron chi connectivity index (χ4n) is 1.71. The lowest BCUT2D eigenvalue weighted by molar-refractivity contribution is -0.0498. The van der Waals surface area contributed by atoms with Gasteiger partial charge in [-0.25, -0.2) is 4.39 Å². The van der Waals surface area contributed by atoms with E-state index in [1.807, 2.05) is 0 Å².